The van der Waals surface area contributed by atoms with Crippen LogP contribution in [-0.4, -0.2) is 4.98 Å². The second-order valence-electron chi connectivity index (χ2n) is 4.21. The van der Waals surface area contributed by atoms with E-state index in [2.05, 4.69) is 36.8 Å². The number of hydrogen-bond donors (Lipinski definition) is 1. The van der Waals surface area contributed by atoms with Crippen molar-refractivity contribution in [1.82, 2.24) is 4.98 Å². The molecule has 0 fully saturated rings. The van der Waals surface area contributed by atoms with E-state index in [1.54, 1.807) is 6.20 Å². The van der Waals surface area contributed by atoms with E-state index in [4.69, 9.17) is 10.5 Å². The Morgan fingerprint density at radius 3 is 2.60 bits per heavy atom. The zero-order valence-corrected chi connectivity index (χ0v) is 13.5. The van der Waals surface area contributed by atoms with Gasteiger partial charge in [0, 0.05) is 27.1 Å². The van der Waals surface area contributed by atoms with Crippen LogP contribution in [0.2, 0.25) is 0 Å². The summed E-state index contributed by atoms with van der Waals surface area (Å²) in [6.07, 6.45) is 1.72. The fraction of sp³-hybridized carbons (Fsp3) is 0. The van der Waals surface area contributed by atoms with Crippen LogP contribution in [0.4, 0.5) is 5.69 Å². The van der Waals surface area contributed by atoms with E-state index in [0.29, 0.717) is 17.3 Å². The van der Waals surface area contributed by atoms with Gasteiger partial charge in [-0.05, 0) is 46.3 Å². The minimum Gasteiger partial charge on any atom is -0.437 e. The molecule has 0 unspecified atom stereocenters. The van der Waals surface area contributed by atoms with Gasteiger partial charge in [0.1, 0.15) is 5.75 Å². The maximum atomic E-state index is 5.90. The number of anilines is 1. The van der Waals surface area contributed by atoms with E-state index >= 15 is 0 Å². The highest BCUT2D eigenvalue weighted by Gasteiger charge is 2.10. The number of aromatic nitrogens is 1. The lowest BCUT2D eigenvalue weighted by Gasteiger charge is -2.10. The summed E-state index contributed by atoms with van der Waals surface area (Å²) in [6, 6.07) is 13.4. The summed E-state index contributed by atoms with van der Waals surface area (Å²) in [5.74, 6) is 1.19. The van der Waals surface area contributed by atoms with Gasteiger partial charge in [0.2, 0.25) is 5.88 Å². The van der Waals surface area contributed by atoms with Gasteiger partial charge in [-0.15, -0.1) is 0 Å². The number of halogens is 2. The van der Waals surface area contributed by atoms with Crippen LogP contribution >= 0.6 is 31.9 Å². The highest BCUT2D eigenvalue weighted by Crippen LogP contribution is 2.36. The van der Waals surface area contributed by atoms with Crippen LogP contribution in [0.15, 0.2) is 57.6 Å². The Morgan fingerprint density at radius 2 is 1.75 bits per heavy atom. The highest BCUT2D eigenvalue weighted by atomic mass is 79.9. The predicted molar refractivity (Wildman–Crippen MR) is 88.1 cm³/mol. The number of fused-ring (bicyclic) bond motifs is 1. The average molecular weight is 394 g/mol. The number of ether oxygens (including phenoxy) is 1. The largest absolute Gasteiger partial charge is 0.437 e. The Kier molecular flexibility index (Phi) is 3.63. The lowest BCUT2D eigenvalue weighted by molar-refractivity contribution is 0.466. The molecule has 2 N–H and O–H groups in total. The van der Waals surface area contributed by atoms with Gasteiger partial charge in [-0.25, -0.2) is 4.98 Å². The number of pyridine rings is 1. The Balaban J connectivity index is 2.12. The molecule has 1 aromatic heterocycles. The first-order chi connectivity index (χ1) is 9.66. The topological polar surface area (TPSA) is 48.1 Å². The van der Waals surface area contributed by atoms with E-state index in [1.807, 2.05) is 42.5 Å². The molecular weight excluding hydrogens is 384 g/mol. The molecule has 0 radical (unpaired) electrons. The lowest BCUT2D eigenvalue weighted by atomic mass is 10.2. The second kappa shape index (κ2) is 5.42. The van der Waals surface area contributed by atoms with Crippen LogP contribution in [0.3, 0.4) is 0 Å². The van der Waals surface area contributed by atoms with Crippen LogP contribution < -0.4 is 10.5 Å². The zero-order valence-electron chi connectivity index (χ0n) is 10.3. The van der Waals surface area contributed by atoms with Gasteiger partial charge in [0.05, 0.1) is 4.47 Å². The molecule has 20 heavy (non-hydrogen) atoms. The fourth-order valence-electron chi connectivity index (χ4n) is 1.93. The van der Waals surface area contributed by atoms with Crippen molar-refractivity contribution in [3.8, 4) is 11.6 Å². The maximum absolute atomic E-state index is 5.90. The molecule has 0 saturated carbocycles. The average Bonchev–Trinajstić information content (AvgIpc) is 2.45. The van der Waals surface area contributed by atoms with Gasteiger partial charge in [0.15, 0.2) is 0 Å². The fourth-order valence-corrected chi connectivity index (χ4v) is 2.78. The van der Waals surface area contributed by atoms with Gasteiger partial charge in [0.25, 0.3) is 0 Å². The van der Waals surface area contributed by atoms with Crippen molar-refractivity contribution in [2.75, 3.05) is 5.73 Å². The standard InChI is InChI=1S/C15H10Br2N2O/c16-11-4-1-3-10-9(11)7-8-19-15(10)20-13-6-2-5-12(18)14(13)17/h1-8H,18H2. The van der Waals surface area contributed by atoms with Crippen LogP contribution in [0.25, 0.3) is 10.8 Å². The van der Waals surface area contributed by atoms with Crippen molar-refractivity contribution < 1.29 is 4.74 Å². The number of nitrogens with two attached hydrogens (primary N) is 1. The molecule has 0 aliphatic rings. The third-order valence-corrected chi connectivity index (χ3v) is 4.46. The van der Waals surface area contributed by atoms with E-state index < -0.39 is 0 Å². The molecule has 0 aliphatic heterocycles. The Hall–Kier alpha value is -1.59. The summed E-state index contributed by atoms with van der Waals surface area (Å²) in [5, 5.41) is 1.99. The molecule has 0 spiro atoms. The van der Waals surface area contributed by atoms with Gasteiger partial charge in [-0.1, -0.05) is 28.1 Å². The molecule has 3 aromatic rings. The van der Waals surface area contributed by atoms with Gasteiger partial charge < -0.3 is 10.5 Å². The monoisotopic (exact) mass is 392 g/mol. The van der Waals surface area contributed by atoms with Crippen molar-refractivity contribution in [2.45, 2.75) is 0 Å². The molecule has 3 rings (SSSR count). The van der Waals surface area contributed by atoms with Crippen LogP contribution in [0.1, 0.15) is 0 Å². The third kappa shape index (κ3) is 2.39. The first-order valence-electron chi connectivity index (χ1n) is 5.92. The summed E-state index contributed by atoms with van der Waals surface area (Å²) >= 11 is 6.96. The van der Waals surface area contributed by atoms with Gasteiger partial charge >= 0.3 is 0 Å². The smallest absolute Gasteiger partial charge is 0.227 e. The Morgan fingerprint density at radius 1 is 0.950 bits per heavy atom. The van der Waals surface area contributed by atoms with Crippen molar-refractivity contribution in [2.24, 2.45) is 0 Å². The Labute approximate surface area is 133 Å². The maximum Gasteiger partial charge on any atom is 0.227 e. The molecule has 2 aromatic carbocycles. The third-order valence-electron chi connectivity index (χ3n) is 2.92. The summed E-state index contributed by atoms with van der Waals surface area (Å²) in [4.78, 5) is 4.31. The van der Waals surface area contributed by atoms with Crippen molar-refractivity contribution >= 4 is 48.3 Å². The SMILES string of the molecule is Nc1cccc(Oc2nccc3c(Br)cccc23)c1Br. The van der Waals surface area contributed by atoms with Gasteiger partial charge in [-0.3, -0.25) is 0 Å². The molecule has 0 saturated heterocycles. The van der Waals surface area contributed by atoms with Crippen LogP contribution in [-0.2, 0) is 0 Å². The first-order valence-corrected chi connectivity index (χ1v) is 7.50. The van der Waals surface area contributed by atoms with E-state index in [9.17, 15) is 0 Å². The summed E-state index contributed by atoms with van der Waals surface area (Å²) in [5.41, 5.74) is 6.48. The highest BCUT2D eigenvalue weighted by molar-refractivity contribution is 9.11. The van der Waals surface area contributed by atoms with Crippen LogP contribution in [0, 0.1) is 0 Å². The number of hydrogen-bond acceptors (Lipinski definition) is 3. The van der Waals surface area contributed by atoms with E-state index in [1.165, 1.54) is 0 Å². The minimum atomic E-state index is 0.551. The molecule has 0 aliphatic carbocycles. The summed E-state index contributed by atoms with van der Waals surface area (Å²) < 4.78 is 7.64. The molecule has 5 heteroatoms. The summed E-state index contributed by atoms with van der Waals surface area (Å²) in [6.45, 7) is 0. The normalized spacial score (nSPS) is 10.7. The van der Waals surface area contributed by atoms with Gasteiger partial charge in [-0.2, -0.15) is 0 Å². The first kappa shape index (κ1) is 13.4. The number of benzene rings is 2. The number of nitrogen functional groups attached to an aromatic ring is 1. The molecule has 100 valence electrons. The quantitative estimate of drug-likeness (QED) is 0.613. The van der Waals surface area contributed by atoms with E-state index in [0.717, 1.165) is 19.7 Å². The molecular formula is C15H10Br2N2O. The minimum absolute atomic E-state index is 0.551. The second-order valence-corrected chi connectivity index (χ2v) is 5.86. The predicted octanol–water partition coefficient (Wildman–Crippen LogP) is 5.13. The molecule has 0 bridgehead atoms. The molecule has 1 heterocycles. The van der Waals surface area contributed by atoms with Crippen molar-refractivity contribution in [3.63, 3.8) is 0 Å². The zero-order chi connectivity index (χ0) is 14.1. The van der Waals surface area contributed by atoms with Crippen LogP contribution in [0.5, 0.6) is 11.6 Å². The molecule has 3 nitrogen and oxygen atoms in total. The lowest BCUT2D eigenvalue weighted by Crippen LogP contribution is -1.93. The molecule has 0 atom stereocenters. The van der Waals surface area contributed by atoms with Crippen molar-refractivity contribution in [1.29, 1.82) is 0 Å². The van der Waals surface area contributed by atoms with Crippen molar-refractivity contribution in [3.05, 3.63) is 57.6 Å². The number of rotatable bonds is 2. The van der Waals surface area contributed by atoms with E-state index in [-0.39, 0.29) is 0 Å². The molecule has 0 amide bonds. The summed E-state index contributed by atoms with van der Waals surface area (Å²) in [7, 11) is 0. The Bertz CT molecular complexity index is 790. The number of nitrogens with zero attached hydrogens (tertiary/aromatic N) is 1.